The van der Waals surface area contributed by atoms with Gasteiger partial charge in [-0.3, -0.25) is 0 Å². The van der Waals surface area contributed by atoms with Gasteiger partial charge >= 0.3 is 6.61 Å². The standard InChI is InChI=1S/C8H5F4O/c9-7(10)5-3-1-2-4-6(5)13-8(11)12/h2-4,7-8H. The van der Waals surface area contributed by atoms with E-state index < -0.39 is 24.3 Å². The molecule has 1 radical (unpaired) electrons. The summed E-state index contributed by atoms with van der Waals surface area (Å²) >= 11 is 0. The van der Waals surface area contributed by atoms with Crippen molar-refractivity contribution in [1.82, 2.24) is 0 Å². The Morgan fingerprint density at radius 3 is 2.46 bits per heavy atom. The van der Waals surface area contributed by atoms with Crippen LogP contribution in [0.1, 0.15) is 12.0 Å². The first-order chi connectivity index (χ1) is 6.11. The van der Waals surface area contributed by atoms with Crippen molar-refractivity contribution >= 4 is 0 Å². The monoisotopic (exact) mass is 193 g/mol. The van der Waals surface area contributed by atoms with Crippen LogP contribution in [0.15, 0.2) is 18.2 Å². The summed E-state index contributed by atoms with van der Waals surface area (Å²) in [6.07, 6.45) is -2.84. The first kappa shape index (κ1) is 9.83. The third-order valence-electron chi connectivity index (χ3n) is 1.31. The van der Waals surface area contributed by atoms with Crippen LogP contribution in [0.25, 0.3) is 0 Å². The molecule has 0 N–H and O–H groups in total. The van der Waals surface area contributed by atoms with Crippen LogP contribution in [0, 0.1) is 6.07 Å². The van der Waals surface area contributed by atoms with Gasteiger partial charge in [-0.2, -0.15) is 8.78 Å². The molecule has 0 aliphatic heterocycles. The Kier molecular flexibility index (Phi) is 3.11. The van der Waals surface area contributed by atoms with Gasteiger partial charge in [-0.15, -0.1) is 0 Å². The molecule has 0 saturated heterocycles. The number of hydrogen-bond acceptors (Lipinski definition) is 1. The molecular formula is C8H5F4O. The molecule has 0 heterocycles. The molecule has 13 heavy (non-hydrogen) atoms. The molecule has 0 amide bonds. The minimum atomic E-state index is -3.10. The van der Waals surface area contributed by atoms with Crippen LogP contribution in [0.2, 0.25) is 0 Å². The smallest absolute Gasteiger partial charge is 0.387 e. The Balaban J connectivity index is 2.91. The van der Waals surface area contributed by atoms with Crippen LogP contribution in [0.5, 0.6) is 5.75 Å². The van der Waals surface area contributed by atoms with E-state index in [9.17, 15) is 17.6 Å². The number of hydrogen-bond donors (Lipinski definition) is 0. The highest BCUT2D eigenvalue weighted by atomic mass is 19.3. The SMILES string of the molecule is FC(F)Oc1cc[c]cc1C(F)F. The number of ether oxygens (including phenoxy) is 1. The first-order valence-electron chi connectivity index (χ1n) is 3.34. The molecular weight excluding hydrogens is 188 g/mol. The number of benzene rings is 1. The molecule has 0 spiro atoms. The van der Waals surface area contributed by atoms with E-state index in [-0.39, 0.29) is 0 Å². The maximum atomic E-state index is 12.1. The van der Waals surface area contributed by atoms with Gasteiger partial charge < -0.3 is 4.74 Å². The predicted octanol–water partition coefficient (Wildman–Crippen LogP) is 3.03. The van der Waals surface area contributed by atoms with Crippen molar-refractivity contribution in [3.8, 4) is 5.75 Å². The zero-order valence-corrected chi connectivity index (χ0v) is 6.31. The average molecular weight is 193 g/mol. The van der Waals surface area contributed by atoms with Gasteiger partial charge in [-0.1, -0.05) is 6.07 Å². The van der Waals surface area contributed by atoms with Gasteiger partial charge in [0, 0.05) is 0 Å². The fraction of sp³-hybridized carbons (Fsp3) is 0.250. The van der Waals surface area contributed by atoms with Crippen molar-refractivity contribution < 1.29 is 22.3 Å². The summed E-state index contributed by atoms with van der Waals surface area (Å²) in [6.45, 7) is -3.10. The summed E-state index contributed by atoms with van der Waals surface area (Å²) < 4.78 is 51.5. The van der Waals surface area contributed by atoms with E-state index in [1.165, 1.54) is 6.07 Å². The van der Waals surface area contributed by atoms with E-state index in [1.54, 1.807) is 0 Å². The largest absolute Gasteiger partial charge is 0.434 e. The van der Waals surface area contributed by atoms with Crippen LogP contribution < -0.4 is 4.74 Å². The van der Waals surface area contributed by atoms with E-state index in [1.807, 2.05) is 0 Å². The molecule has 0 fully saturated rings. The Labute approximate surface area is 71.9 Å². The van der Waals surface area contributed by atoms with Crippen molar-refractivity contribution in [3.05, 3.63) is 29.8 Å². The number of rotatable bonds is 3. The van der Waals surface area contributed by atoms with Gasteiger partial charge in [0.15, 0.2) is 0 Å². The van der Waals surface area contributed by atoms with Crippen molar-refractivity contribution in [3.63, 3.8) is 0 Å². The lowest BCUT2D eigenvalue weighted by Gasteiger charge is -2.08. The van der Waals surface area contributed by atoms with Crippen molar-refractivity contribution in [2.75, 3.05) is 0 Å². The van der Waals surface area contributed by atoms with Gasteiger partial charge in [-0.25, -0.2) is 8.78 Å². The lowest BCUT2D eigenvalue weighted by atomic mass is 10.2. The zero-order valence-electron chi connectivity index (χ0n) is 6.31. The Morgan fingerprint density at radius 1 is 1.23 bits per heavy atom. The van der Waals surface area contributed by atoms with Gasteiger partial charge in [0.05, 0.1) is 5.56 Å². The fourth-order valence-electron chi connectivity index (χ4n) is 0.803. The first-order valence-corrected chi connectivity index (χ1v) is 3.34. The normalized spacial score (nSPS) is 10.9. The summed E-state index contributed by atoms with van der Waals surface area (Å²) in [5.41, 5.74) is -0.581. The van der Waals surface area contributed by atoms with Crippen LogP contribution in [-0.2, 0) is 0 Å². The second kappa shape index (κ2) is 4.11. The molecule has 0 unspecified atom stereocenters. The highest BCUT2D eigenvalue weighted by molar-refractivity contribution is 5.33. The van der Waals surface area contributed by atoms with E-state index in [0.717, 1.165) is 12.1 Å². The Hall–Kier alpha value is -1.26. The zero-order chi connectivity index (χ0) is 9.84. The van der Waals surface area contributed by atoms with Crippen molar-refractivity contribution in [1.29, 1.82) is 0 Å². The molecule has 1 nitrogen and oxygen atoms in total. The predicted molar refractivity (Wildman–Crippen MR) is 36.9 cm³/mol. The second-order valence-corrected chi connectivity index (χ2v) is 2.14. The third kappa shape index (κ3) is 2.61. The molecule has 0 aromatic heterocycles. The molecule has 0 aliphatic carbocycles. The summed E-state index contributed by atoms with van der Waals surface area (Å²) in [6, 6.07) is 5.52. The van der Waals surface area contributed by atoms with Crippen molar-refractivity contribution in [2.45, 2.75) is 13.0 Å². The molecule has 0 saturated carbocycles. The van der Waals surface area contributed by atoms with E-state index in [2.05, 4.69) is 10.8 Å². The fourth-order valence-corrected chi connectivity index (χ4v) is 0.803. The van der Waals surface area contributed by atoms with E-state index in [4.69, 9.17) is 0 Å². The second-order valence-electron chi connectivity index (χ2n) is 2.14. The topological polar surface area (TPSA) is 9.23 Å². The Bertz CT molecular complexity index is 275. The quantitative estimate of drug-likeness (QED) is 0.670. The highest BCUT2D eigenvalue weighted by Crippen LogP contribution is 2.29. The minimum absolute atomic E-state index is 0.510. The highest BCUT2D eigenvalue weighted by Gasteiger charge is 2.15. The molecule has 5 heteroatoms. The van der Waals surface area contributed by atoms with Crippen LogP contribution in [-0.4, -0.2) is 6.61 Å². The van der Waals surface area contributed by atoms with Gasteiger partial charge in [-0.05, 0) is 18.2 Å². The number of halogens is 4. The molecule has 1 rings (SSSR count). The summed E-state index contributed by atoms with van der Waals surface area (Å²) in [5.74, 6) is -0.510. The summed E-state index contributed by atoms with van der Waals surface area (Å²) in [7, 11) is 0. The summed E-state index contributed by atoms with van der Waals surface area (Å²) in [5, 5.41) is 0. The number of alkyl halides is 4. The molecule has 0 aliphatic rings. The van der Waals surface area contributed by atoms with Gasteiger partial charge in [0.1, 0.15) is 5.75 Å². The maximum Gasteiger partial charge on any atom is 0.387 e. The lowest BCUT2D eigenvalue weighted by molar-refractivity contribution is -0.0519. The molecule has 0 bridgehead atoms. The third-order valence-corrected chi connectivity index (χ3v) is 1.31. The van der Waals surface area contributed by atoms with Crippen LogP contribution in [0.4, 0.5) is 17.6 Å². The average Bonchev–Trinajstić information content (AvgIpc) is 2.03. The lowest BCUT2D eigenvalue weighted by Crippen LogP contribution is -2.04. The summed E-state index contributed by atoms with van der Waals surface area (Å²) in [4.78, 5) is 0. The van der Waals surface area contributed by atoms with Crippen LogP contribution >= 0.6 is 0 Å². The minimum Gasteiger partial charge on any atom is -0.434 e. The van der Waals surface area contributed by atoms with E-state index in [0.29, 0.717) is 0 Å². The maximum absolute atomic E-state index is 12.1. The Morgan fingerprint density at radius 2 is 1.92 bits per heavy atom. The van der Waals surface area contributed by atoms with Gasteiger partial charge in [0.25, 0.3) is 6.43 Å². The molecule has 1 aromatic carbocycles. The molecule has 71 valence electrons. The molecule has 1 aromatic rings. The van der Waals surface area contributed by atoms with E-state index >= 15 is 0 Å². The van der Waals surface area contributed by atoms with Gasteiger partial charge in [0.2, 0.25) is 0 Å². The molecule has 0 atom stereocenters. The van der Waals surface area contributed by atoms with Crippen LogP contribution in [0.3, 0.4) is 0 Å². The van der Waals surface area contributed by atoms with Crippen molar-refractivity contribution in [2.24, 2.45) is 0 Å².